The molecule has 1 heterocycles. The summed E-state index contributed by atoms with van der Waals surface area (Å²) in [6, 6.07) is 18.2. The van der Waals surface area contributed by atoms with E-state index in [0.717, 1.165) is 40.3 Å². The molecule has 0 aliphatic rings. The van der Waals surface area contributed by atoms with Crippen molar-refractivity contribution in [1.82, 2.24) is 10.3 Å². The second-order valence-electron chi connectivity index (χ2n) is 10.5. The van der Waals surface area contributed by atoms with Gasteiger partial charge in [-0.3, -0.25) is 4.98 Å². The molecule has 1 unspecified atom stereocenters. The maximum Gasteiger partial charge on any atom is 0.416 e. The average Bonchev–Trinajstić information content (AvgIpc) is 3.00. The molecule has 0 aliphatic heterocycles. The standard InChI is InChI=1S/C34H28F6N2O3S2/c1-20-15-27(12-14-30(20)45-19-31(43)44)47-28(16-21(2)42-32(46)24-6-10-26(11-7-24)34(38,39)40)17-22-3-13-29(41-18-22)23-4-8-25(9-5-23)33(35,36)37/h3-16,18,28H,17,19H2,1-2H3,(H,42,46)(H,43,44)/b21-16+. The van der Waals surface area contributed by atoms with Gasteiger partial charge < -0.3 is 15.2 Å². The molecule has 0 saturated carbocycles. The molecule has 4 rings (SSSR count). The quantitative estimate of drug-likeness (QED) is 0.0924. The number of hydrogen-bond acceptors (Lipinski definition) is 5. The molecule has 0 bridgehead atoms. The predicted octanol–water partition coefficient (Wildman–Crippen LogP) is 9.13. The van der Waals surface area contributed by atoms with Gasteiger partial charge in [-0.15, -0.1) is 11.8 Å². The Kier molecular flexibility index (Phi) is 11.4. The summed E-state index contributed by atoms with van der Waals surface area (Å²) in [7, 11) is 0. The average molecular weight is 691 g/mol. The van der Waals surface area contributed by atoms with E-state index < -0.39 is 36.1 Å². The van der Waals surface area contributed by atoms with Gasteiger partial charge in [-0.05, 0) is 79.9 Å². The Morgan fingerprint density at radius 2 is 1.57 bits per heavy atom. The summed E-state index contributed by atoms with van der Waals surface area (Å²) in [5.41, 5.74) is 2.16. The van der Waals surface area contributed by atoms with Crippen LogP contribution in [0.2, 0.25) is 0 Å². The Hall–Kier alpha value is -4.36. The van der Waals surface area contributed by atoms with E-state index in [2.05, 4.69) is 10.3 Å². The Morgan fingerprint density at radius 1 is 0.957 bits per heavy atom. The zero-order valence-corrected chi connectivity index (χ0v) is 26.6. The first kappa shape index (κ1) is 35.5. The Bertz CT molecular complexity index is 1740. The smallest absolute Gasteiger partial charge is 0.416 e. The van der Waals surface area contributed by atoms with Gasteiger partial charge in [0.1, 0.15) is 10.7 Å². The van der Waals surface area contributed by atoms with Crippen molar-refractivity contribution in [3.63, 3.8) is 0 Å². The zero-order chi connectivity index (χ0) is 34.4. The monoisotopic (exact) mass is 690 g/mol. The van der Waals surface area contributed by atoms with Crippen molar-refractivity contribution in [2.24, 2.45) is 0 Å². The fourth-order valence-electron chi connectivity index (χ4n) is 4.47. The minimum Gasteiger partial charge on any atom is -0.482 e. The number of thiocarbonyl (C=S) groups is 1. The molecule has 0 aliphatic carbocycles. The molecule has 0 fully saturated rings. The van der Waals surface area contributed by atoms with Gasteiger partial charge in [-0.25, -0.2) is 4.79 Å². The van der Waals surface area contributed by atoms with Crippen LogP contribution in [0.5, 0.6) is 5.75 Å². The van der Waals surface area contributed by atoms with Crippen molar-refractivity contribution < 1.29 is 41.0 Å². The molecule has 4 aromatic rings. The molecule has 1 atom stereocenters. The third-order valence-electron chi connectivity index (χ3n) is 6.78. The van der Waals surface area contributed by atoms with Crippen molar-refractivity contribution >= 4 is 34.9 Å². The highest BCUT2D eigenvalue weighted by Crippen LogP contribution is 2.33. The number of carboxylic acid groups (broad SMARTS) is 1. The molecule has 0 saturated heterocycles. The number of alkyl halides is 6. The molecule has 0 radical (unpaired) electrons. The maximum absolute atomic E-state index is 13.0. The number of nitrogens with one attached hydrogen (secondary N) is 1. The van der Waals surface area contributed by atoms with Gasteiger partial charge in [0.05, 0.1) is 16.8 Å². The van der Waals surface area contributed by atoms with Crippen LogP contribution in [0.4, 0.5) is 26.3 Å². The first-order valence-corrected chi connectivity index (χ1v) is 15.3. The van der Waals surface area contributed by atoms with Crippen LogP contribution in [-0.4, -0.2) is 32.9 Å². The number of carbonyl (C=O) groups is 1. The Balaban J connectivity index is 1.54. The summed E-state index contributed by atoms with van der Waals surface area (Å²) < 4.78 is 83.1. The minimum atomic E-state index is -4.46. The molecular formula is C34H28F6N2O3S2. The SMILES string of the molecule is C/C(=C\C(Cc1ccc(-c2ccc(C(F)(F)F)cc2)nc1)Sc1ccc(OCC(=O)O)c(C)c1)NC(=S)c1ccc(C(F)(F)F)cc1. The number of halogens is 6. The molecule has 3 aromatic carbocycles. The van der Waals surface area contributed by atoms with E-state index >= 15 is 0 Å². The predicted molar refractivity (Wildman–Crippen MR) is 172 cm³/mol. The second kappa shape index (κ2) is 15.0. The third-order valence-corrected chi connectivity index (χ3v) is 8.24. The third kappa shape index (κ3) is 10.3. The van der Waals surface area contributed by atoms with Crippen molar-refractivity contribution in [3.05, 3.63) is 125 Å². The summed E-state index contributed by atoms with van der Waals surface area (Å²) in [4.78, 5) is 16.5. The molecule has 2 N–H and O–H groups in total. The van der Waals surface area contributed by atoms with Crippen LogP contribution in [0, 0.1) is 6.92 Å². The van der Waals surface area contributed by atoms with E-state index in [9.17, 15) is 31.1 Å². The Morgan fingerprint density at radius 3 is 2.11 bits per heavy atom. The van der Waals surface area contributed by atoms with Crippen LogP contribution in [-0.2, 0) is 23.6 Å². The van der Waals surface area contributed by atoms with Crippen molar-refractivity contribution in [3.8, 4) is 17.0 Å². The highest BCUT2D eigenvalue weighted by molar-refractivity contribution is 8.00. The lowest BCUT2D eigenvalue weighted by atomic mass is 10.1. The van der Waals surface area contributed by atoms with Gasteiger partial charge in [-0.2, -0.15) is 26.3 Å². The van der Waals surface area contributed by atoms with Crippen molar-refractivity contribution in [2.45, 2.75) is 42.8 Å². The van der Waals surface area contributed by atoms with E-state index in [4.69, 9.17) is 22.1 Å². The highest BCUT2D eigenvalue weighted by Gasteiger charge is 2.31. The number of carboxylic acids is 1. The fraction of sp³-hybridized carbons (Fsp3) is 0.206. The summed E-state index contributed by atoms with van der Waals surface area (Å²) in [6.07, 6.45) is -4.84. The first-order chi connectivity index (χ1) is 22.1. The molecule has 1 aromatic heterocycles. The molecular weight excluding hydrogens is 663 g/mol. The summed E-state index contributed by atoms with van der Waals surface area (Å²) >= 11 is 6.94. The van der Waals surface area contributed by atoms with Crippen LogP contribution < -0.4 is 10.1 Å². The molecule has 0 amide bonds. The lowest BCUT2D eigenvalue weighted by Crippen LogP contribution is -2.21. The zero-order valence-electron chi connectivity index (χ0n) is 24.9. The van der Waals surface area contributed by atoms with Crippen LogP contribution >= 0.6 is 24.0 Å². The number of aryl methyl sites for hydroxylation is 1. The molecule has 246 valence electrons. The minimum absolute atomic E-state index is 0.207. The van der Waals surface area contributed by atoms with Crippen LogP contribution in [0.15, 0.2) is 102 Å². The maximum atomic E-state index is 13.0. The molecule has 5 nitrogen and oxygen atoms in total. The van der Waals surface area contributed by atoms with E-state index in [1.807, 2.05) is 18.2 Å². The lowest BCUT2D eigenvalue weighted by Gasteiger charge is -2.17. The number of nitrogens with zero attached hydrogens (tertiary/aromatic N) is 1. The molecule has 13 heteroatoms. The lowest BCUT2D eigenvalue weighted by molar-refractivity contribution is -0.139. The number of benzene rings is 3. The van der Waals surface area contributed by atoms with Gasteiger partial charge in [0, 0.05) is 33.2 Å². The van der Waals surface area contributed by atoms with Gasteiger partial charge in [-0.1, -0.05) is 48.6 Å². The van der Waals surface area contributed by atoms with Crippen molar-refractivity contribution in [2.75, 3.05) is 6.61 Å². The van der Waals surface area contributed by atoms with Gasteiger partial charge in [0.2, 0.25) is 0 Å². The number of aliphatic carboxylic acids is 1. The largest absolute Gasteiger partial charge is 0.482 e. The summed E-state index contributed by atoms with van der Waals surface area (Å²) in [5, 5.41) is 11.8. The van der Waals surface area contributed by atoms with Crippen LogP contribution in [0.1, 0.15) is 34.7 Å². The fourth-order valence-corrected chi connectivity index (χ4v) is 6.05. The highest BCUT2D eigenvalue weighted by atomic mass is 32.2. The van der Waals surface area contributed by atoms with Gasteiger partial charge in [0.25, 0.3) is 0 Å². The normalized spacial score (nSPS) is 12.8. The number of aromatic nitrogens is 1. The number of rotatable bonds is 11. The number of ether oxygens (including phenoxy) is 1. The van der Waals surface area contributed by atoms with E-state index in [-0.39, 0.29) is 10.2 Å². The number of pyridine rings is 1. The number of allylic oxidation sites excluding steroid dienone is 1. The summed E-state index contributed by atoms with van der Waals surface area (Å²) in [5.74, 6) is -0.658. The first-order valence-electron chi connectivity index (χ1n) is 14.0. The molecule has 47 heavy (non-hydrogen) atoms. The summed E-state index contributed by atoms with van der Waals surface area (Å²) in [6.45, 7) is 3.10. The van der Waals surface area contributed by atoms with Gasteiger partial charge >= 0.3 is 18.3 Å². The van der Waals surface area contributed by atoms with E-state index in [1.165, 1.54) is 36.0 Å². The van der Waals surface area contributed by atoms with Crippen LogP contribution in [0.3, 0.4) is 0 Å². The van der Waals surface area contributed by atoms with E-state index in [1.54, 1.807) is 38.2 Å². The van der Waals surface area contributed by atoms with Crippen LogP contribution in [0.25, 0.3) is 11.3 Å². The number of thioether (sulfide) groups is 1. The van der Waals surface area contributed by atoms with Gasteiger partial charge in [0.15, 0.2) is 6.61 Å². The topological polar surface area (TPSA) is 71.5 Å². The van der Waals surface area contributed by atoms with Crippen molar-refractivity contribution in [1.29, 1.82) is 0 Å². The number of hydrogen-bond donors (Lipinski definition) is 2. The Labute approximate surface area is 276 Å². The second-order valence-corrected chi connectivity index (χ2v) is 12.2. The van der Waals surface area contributed by atoms with E-state index in [0.29, 0.717) is 34.7 Å². The molecule has 0 spiro atoms.